The van der Waals surface area contributed by atoms with Crippen molar-refractivity contribution in [3.63, 3.8) is 0 Å². The standard InChI is InChI=1S/C13H20N2O3S/c1-9-7-12(15(2)14-9)13(16)10-5-4-6-11(8-10)19(3,17)18/h7,10-11H,4-6,8H2,1-3H3. The van der Waals surface area contributed by atoms with Crippen LogP contribution in [0.1, 0.15) is 41.9 Å². The molecule has 6 heteroatoms. The molecule has 19 heavy (non-hydrogen) atoms. The largest absolute Gasteiger partial charge is 0.292 e. The first kappa shape index (κ1) is 14.2. The van der Waals surface area contributed by atoms with Gasteiger partial charge in [-0.25, -0.2) is 8.42 Å². The molecule has 1 aromatic heterocycles. The molecule has 0 saturated heterocycles. The van der Waals surface area contributed by atoms with Crippen LogP contribution >= 0.6 is 0 Å². The number of sulfone groups is 1. The Morgan fingerprint density at radius 1 is 1.42 bits per heavy atom. The highest BCUT2D eigenvalue weighted by atomic mass is 32.2. The van der Waals surface area contributed by atoms with Crippen molar-refractivity contribution in [2.24, 2.45) is 13.0 Å². The zero-order chi connectivity index (χ0) is 14.2. The maximum absolute atomic E-state index is 12.5. The average Bonchev–Trinajstić information content (AvgIpc) is 2.66. The van der Waals surface area contributed by atoms with Crippen molar-refractivity contribution in [1.29, 1.82) is 0 Å². The van der Waals surface area contributed by atoms with Crippen LogP contribution in [0.15, 0.2) is 6.07 Å². The third-order valence-corrected chi connectivity index (χ3v) is 5.50. The Morgan fingerprint density at radius 3 is 2.63 bits per heavy atom. The number of aromatic nitrogens is 2. The van der Waals surface area contributed by atoms with Gasteiger partial charge in [-0.2, -0.15) is 5.10 Å². The number of carbonyl (C=O) groups is 1. The molecule has 106 valence electrons. The van der Waals surface area contributed by atoms with Gasteiger partial charge in [-0.05, 0) is 32.3 Å². The summed E-state index contributed by atoms with van der Waals surface area (Å²) in [6.07, 6.45) is 3.95. The first-order valence-electron chi connectivity index (χ1n) is 6.52. The lowest BCUT2D eigenvalue weighted by atomic mass is 9.85. The molecular formula is C13H20N2O3S. The van der Waals surface area contributed by atoms with Gasteiger partial charge in [0.05, 0.1) is 10.9 Å². The highest BCUT2D eigenvalue weighted by Crippen LogP contribution is 2.30. The van der Waals surface area contributed by atoms with Gasteiger partial charge >= 0.3 is 0 Å². The highest BCUT2D eigenvalue weighted by Gasteiger charge is 2.33. The summed E-state index contributed by atoms with van der Waals surface area (Å²) in [6, 6.07) is 1.77. The molecule has 0 amide bonds. The Labute approximate surface area is 113 Å². The monoisotopic (exact) mass is 284 g/mol. The SMILES string of the molecule is Cc1cc(C(=O)C2CCCC(S(C)(=O)=O)C2)n(C)n1. The number of carbonyl (C=O) groups excluding carboxylic acids is 1. The number of Topliss-reactive ketones (excluding diaryl/α,β-unsaturated/α-hetero) is 1. The topological polar surface area (TPSA) is 69.0 Å². The molecule has 1 aliphatic carbocycles. The predicted molar refractivity (Wildman–Crippen MR) is 72.9 cm³/mol. The van der Waals surface area contributed by atoms with E-state index in [9.17, 15) is 13.2 Å². The molecule has 0 bridgehead atoms. The van der Waals surface area contributed by atoms with E-state index in [1.807, 2.05) is 6.92 Å². The van der Waals surface area contributed by atoms with Gasteiger partial charge in [0.2, 0.25) is 0 Å². The van der Waals surface area contributed by atoms with Crippen LogP contribution in [0.25, 0.3) is 0 Å². The lowest BCUT2D eigenvalue weighted by molar-refractivity contribution is 0.0881. The summed E-state index contributed by atoms with van der Waals surface area (Å²) in [5.41, 5.74) is 1.39. The smallest absolute Gasteiger partial charge is 0.183 e. The van der Waals surface area contributed by atoms with Crippen LogP contribution in [-0.2, 0) is 16.9 Å². The molecule has 2 atom stereocenters. The van der Waals surface area contributed by atoms with Crippen LogP contribution in [0.3, 0.4) is 0 Å². The van der Waals surface area contributed by atoms with Crippen molar-refractivity contribution < 1.29 is 13.2 Å². The fourth-order valence-electron chi connectivity index (χ4n) is 2.82. The summed E-state index contributed by atoms with van der Waals surface area (Å²) in [5.74, 6) is -0.167. The number of hydrogen-bond acceptors (Lipinski definition) is 4. The van der Waals surface area contributed by atoms with E-state index in [2.05, 4.69) is 5.10 Å². The second-order valence-corrected chi connectivity index (χ2v) is 7.80. The van der Waals surface area contributed by atoms with E-state index < -0.39 is 9.84 Å². The van der Waals surface area contributed by atoms with E-state index in [4.69, 9.17) is 0 Å². The van der Waals surface area contributed by atoms with E-state index >= 15 is 0 Å². The van der Waals surface area contributed by atoms with Crippen LogP contribution in [0.4, 0.5) is 0 Å². The number of rotatable bonds is 3. The van der Waals surface area contributed by atoms with Gasteiger partial charge in [0, 0.05) is 19.2 Å². The van der Waals surface area contributed by atoms with Gasteiger partial charge < -0.3 is 0 Å². The van der Waals surface area contributed by atoms with E-state index in [0.717, 1.165) is 18.5 Å². The minimum absolute atomic E-state index is 0.0245. The first-order chi connectivity index (χ1) is 8.79. The Balaban J connectivity index is 2.18. The zero-order valence-electron chi connectivity index (χ0n) is 11.6. The van der Waals surface area contributed by atoms with Gasteiger partial charge in [-0.3, -0.25) is 9.48 Å². The Hall–Kier alpha value is -1.17. The Morgan fingerprint density at radius 2 is 2.11 bits per heavy atom. The van der Waals surface area contributed by atoms with Crippen LogP contribution in [0.5, 0.6) is 0 Å². The van der Waals surface area contributed by atoms with Crippen molar-refractivity contribution in [3.05, 3.63) is 17.5 Å². The van der Waals surface area contributed by atoms with Crippen LogP contribution in [0, 0.1) is 12.8 Å². The van der Waals surface area contributed by atoms with Crippen molar-refractivity contribution in [1.82, 2.24) is 9.78 Å². The number of hydrogen-bond donors (Lipinski definition) is 0. The van der Waals surface area contributed by atoms with E-state index in [-0.39, 0.29) is 17.0 Å². The third-order valence-electron chi connectivity index (χ3n) is 3.86. The molecule has 0 radical (unpaired) electrons. The highest BCUT2D eigenvalue weighted by molar-refractivity contribution is 7.91. The number of aryl methyl sites for hydroxylation is 2. The fourth-order valence-corrected chi connectivity index (χ4v) is 4.00. The fraction of sp³-hybridized carbons (Fsp3) is 0.692. The van der Waals surface area contributed by atoms with Crippen LogP contribution in [-0.4, -0.2) is 35.5 Å². The summed E-state index contributed by atoms with van der Waals surface area (Å²) >= 11 is 0. The quantitative estimate of drug-likeness (QED) is 0.789. The molecule has 1 aliphatic rings. The molecule has 0 spiro atoms. The molecule has 1 fully saturated rings. The summed E-state index contributed by atoms with van der Waals surface area (Å²) < 4.78 is 24.9. The van der Waals surface area contributed by atoms with Crippen LogP contribution in [0.2, 0.25) is 0 Å². The van der Waals surface area contributed by atoms with Gasteiger partial charge in [0.25, 0.3) is 0 Å². The summed E-state index contributed by atoms with van der Waals surface area (Å²) in [7, 11) is -1.31. The maximum atomic E-state index is 12.5. The molecule has 0 N–H and O–H groups in total. The van der Waals surface area contributed by atoms with Gasteiger partial charge in [0.1, 0.15) is 15.5 Å². The van der Waals surface area contributed by atoms with Crippen molar-refractivity contribution in [2.75, 3.05) is 6.26 Å². The van der Waals surface area contributed by atoms with Crippen molar-refractivity contribution >= 4 is 15.6 Å². The third kappa shape index (κ3) is 3.05. The first-order valence-corrected chi connectivity index (χ1v) is 8.48. The van der Waals surface area contributed by atoms with Crippen molar-refractivity contribution in [3.8, 4) is 0 Å². The second-order valence-electron chi connectivity index (χ2n) is 5.47. The van der Waals surface area contributed by atoms with E-state index in [1.165, 1.54) is 6.26 Å². The lowest BCUT2D eigenvalue weighted by Gasteiger charge is -2.26. The van der Waals surface area contributed by atoms with Gasteiger partial charge in [-0.15, -0.1) is 0 Å². The summed E-state index contributed by atoms with van der Waals surface area (Å²) in [5, 5.41) is 3.80. The summed E-state index contributed by atoms with van der Waals surface area (Å²) in [6.45, 7) is 1.84. The normalized spacial score (nSPS) is 24.4. The molecule has 2 unspecified atom stereocenters. The molecule has 0 aromatic carbocycles. The van der Waals surface area contributed by atoms with Gasteiger partial charge in [0.15, 0.2) is 5.78 Å². The molecule has 1 heterocycles. The molecular weight excluding hydrogens is 264 g/mol. The molecule has 1 saturated carbocycles. The summed E-state index contributed by atoms with van der Waals surface area (Å²) in [4.78, 5) is 12.5. The number of ketones is 1. The predicted octanol–water partition coefficient (Wildman–Crippen LogP) is 1.51. The van der Waals surface area contributed by atoms with E-state index in [0.29, 0.717) is 18.5 Å². The molecule has 1 aromatic rings. The Kier molecular flexibility index (Phi) is 3.80. The Bertz CT molecular complexity index is 589. The average molecular weight is 284 g/mol. The van der Waals surface area contributed by atoms with Crippen LogP contribution < -0.4 is 0 Å². The van der Waals surface area contributed by atoms with Crippen molar-refractivity contribution in [2.45, 2.75) is 37.9 Å². The molecule has 0 aliphatic heterocycles. The van der Waals surface area contributed by atoms with E-state index in [1.54, 1.807) is 17.8 Å². The second kappa shape index (κ2) is 5.07. The van der Waals surface area contributed by atoms with Gasteiger partial charge in [-0.1, -0.05) is 6.42 Å². The number of nitrogens with zero attached hydrogens (tertiary/aromatic N) is 2. The zero-order valence-corrected chi connectivity index (χ0v) is 12.4. The maximum Gasteiger partial charge on any atom is 0.183 e. The molecule has 2 rings (SSSR count). The minimum atomic E-state index is -3.05. The molecule has 5 nitrogen and oxygen atoms in total. The lowest BCUT2D eigenvalue weighted by Crippen LogP contribution is -2.31. The minimum Gasteiger partial charge on any atom is -0.292 e.